The van der Waals surface area contributed by atoms with Gasteiger partial charge in [-0.05, 0) is 22.0 Å². The van der Waals surface area contributed by atoms with Gasteiger partial charge in [0.15, 0.2) is 0 Å². The van der Waals surface area contributed by atoms with Crippen molar-refractivity contribution < 1.29 is 18.4 Å². The third-order valence-corrected chi connectivity index (χ3v) is 3.03. The summed E-state index contributed by atoms with van der Waals surface area (Å²) in [6.45, 7) is 0. The molecule has 0 bridgehead atoms. The Morgan fingerprint density at radius 1 is 1.32 bits per heavy atom. The molecule has 0 saturated carbocycles. The van der Waals surface area contributed by atoms with Crippen molar-refractivity contribution in [2.45, 2.75) is 12.8 Å². The van der Waals surface area contributed by atoms with Gasteiger partial charge in [-0.2, -0.15) is 5.10 Å². The fraction of sp³-hybridized carbons (Fsp3) is 0.182. The zero-order chi connectivity index (χ0) is 14.0. The van der Waals surface area contributed by atoms with Crippen molar-refractivity contribution >= 4 is 39.1 Å². The van der Waals surface area contributed by atoms with E-state index in [1.54, 1.807) is 0 Å². The number of hydrogen-bond acceptors (Lipinski definition) is 3. The zero-order valence-corrected chi connectivity index (χ0v) is 11.1. The zero-order valence-electron chi connectivity index (χ0n) is 9.47. The molecule has 0 aromatic heterocycles. The van der Waals surface area contributed by atoms with Crippen molar-refractivity contribution in [2.75, 3.05) is 5.32 Å². The van der Waals surface area contributed by atoms with Crippen LogP contribution in [-0.2, 0) is 9.59 Å². The van der Waals surface area contributed by atoms with Gasteiger partial charge in [-0.3, -0.25) is 9.59 Å². The molecule has 5 nitrogen and oxygen atoms in total. The molecule has 1 aliphatic heterocycles. The first-order valence-corrected chi connectivity index (χ1v) is 6.08. The SMILES string of the molecule is O=C1CCC(C(=O)Nc2cc(Br)c(F)cc2F)=NN1. The van der Waals surface area contributed by atoms with E-state index in [0.29, 0.717) is 6.07 Å². The van der Waals surface area contributed by atoms with E-state index in [0.717, 1.165) is 6.07 Å². The van der Waals surface area contributed by atoms with Crippen LogP contribution in [0.1, 0.15) is 12.8 Å². The molecule has 0 saturated heterocycles. The summed E-state index contributed by atoms with van der Waals surface area (Å²) in [5.41, 5.74) is 2.07. The number of rotatable bonds is 2. The molecule has 19 heavy (non-hydrogen) atoms. The molecule has 0 aliphatic carbocycles. The summed E-state index contributed by atoms with van der Waals surface area (Å²) in [5, 5.41) is 5.84. The Labute approximate surface area is 115 Å². The number of nitrogens with zero attached hydrogens (tertiary/aromatic N) is 1. The van der Waals surface area contributed by atoms with E-state index < -0.39 is 17.5 Å². The molecule has 2 rings (SSSR count). The molecule has 1 aliphatic rings. The number of amides is 2. The number of halogens is 3. The van der Waals surface area contributed by atoms with Gasteiger partial charge >= 0.3 is 0 Å². The molecule has 0 spiro atoms. The molecule has 2 N–H and O–H groups in total. The van der Waals surface area contributed by atoms with Crippen molar-refractivity contribution in [1.29, 1.82) is 0 Å². The molecule has 8 heteroatoms. The Bertz CT molecular complexity index is 590. The Kier molecular flexibility index (Phi) is 3.89. The number of hydrazone groups is 1. The lowest BCUT2D eigenvalue weighted by molar-refractivity contribution is -0.121. The highest BCUT2D eigenvalue weighted by atomic mass is 79.9. The average Bonchev–Trinajstić information content (AvgIpc) is 2.36. The maximum atomic E-state index is 13.4. The van der Waals surface area contributed by atoms with Gasteiger partial charge < -0.3 is 5.32 Å². The maximum Gasteiger partial charge on any atom is 0.271 e. The minimum atomic E-state index is -0.894. The molecule has 1 aromatic rings. The first-order chi connectivity index (χ1) is 8.97. The van der Waals surface area contributed by atoms with Crippen molar-refractivity contribution in [3.63, 3.8) is 0 Å². The molecular formula is C11H8BrF2N3O2. The van der Waals surface area contributed by atoms with E-state index in [4.69, 9.17) is 0 Å². The van der Waals surface area contributed by atoms with Gasteiger partial charge in [0.25, 0.3) is 5.91 Å². The highest BCUT2D eigenvalue weighted by Gasteiger charge is 2.19. The number of anilines is 1. The van der Waals surface area contributed by atoms with Crippen LogP contribution in [0.5, 0.6) is 0 Å². The summed E-state index contributed by atoms with van der Waals surface area (Å²) in [7, 11) is 0. The lowest BCUT2D eigenvalue weighted by atomic mass is 10.1. The third kappa shape index (κ3) is 3.14. The normalized spacial score (nSPS) is 14.7. The fourth-order valence-electron chi connectivity index (χ4n) is 1.45. The van der Waals surface area contributed by atoms with Crippen LogP contribution in [0.2, 0.25) is 0 Å². The topological polar surface area (TPSA) is 70.6 Å². The molecule has 0 atom stereocenters. The predicted molar refractivity (Wildman–Crippen MR) is 67.5 cm³/mol. The summed E-state index contributed by atoms with van der Waals surface area (Å²) in [6.07, 6.45) is 0.309. The van der Waals surface area contributed by atoms with Gasteiger partial charge in [-0.15, -0.1) is 0 Å². The van der Waals surface area contributed by atoms with Gasteiger partial charge in [0.2, 0.25) is 5.91 Å². The van der Waals surface area contributed by atoms with Crippen molar-refractivity contribution in [3.05, 3.63) is 28.2 Å². The lowest BCUT2D eigenvalue weighted by Gasteiger charge is -2.12. The van der Waals surface area contributed by atoms with Crippen LogP contribution in [0, 0.1) is 11.6 Å². The van der Waals surface area contributed by atoms with E-state index in [2.05, 4.69) is 31.8 Å². The summed E-state index contributed by atoms with van der Waals surface area (Å²) in [5.74, 6) is -2.59. The second-order valence-electron chi connectivity index (χ2n) is 3.79. The van der Waals surface area contributed by atoms with Crippen molar-refractivity contribution in [2.24, 2.45) is 5.10 Å². The second kappa shape index (κ2) is 5.43. The van der Waals surface area contributed by atoms with Crippen molar-refractivity contribution in [3.8, 4) is 0 Å². The van der Waals surface area contributed by atoms with E-state index in [-0.39, 0.29) is 34.6 Å². The summed E-state index contributed by atoms with van der Waals surface area (Å²) >= 11 is 2.89. The first-order valence-electron chi connectivity index (χ1n) is 5.28. The van der Waals surface area contributed by atoms with Crippen LogP contribution >= 0.6 is 15.9 Å². The summed E-state index contributed by atoms with van der Waals surface area (Å²) < 4.78 is 26.5. The molecule has 0 unspecified atom stereocenters. The lowest BCUT2D eigenvalue weighted by Crippen LogP contribution is -2.33. The molecule has 1 heterocycles. The van der Waals surface area contributed by atoms with E-state index in [9.17, 15) is 18.4 Å². The number of benzene rings is 1. The first kappa shape index (κ1) is 13.6. The largest absolute Gasteiger partial charge is 0.318 e. The Morgan fingerprint density at radius 3 is 2.68 bits per heavy atom. The van der Waals surface area contributed by atoms with Gasteiger partial charge in [-0.1, -0.05) is 0 Å². The minimum absolute atomic E-state index is 0.0306. The number of nitrogens with one attached hydrogen (secondary N) is 2. The molecule has 0 fully saturated rings. The van der Waals surface area contributed by atoms with Gasteiger partial charge in [0.1, 0.15) is 17.3 Å². The van der Waals surface area contributed by atoms with Gasteiger partial charge in [0.05, 0.1) is 10.2 Å². The van der Waals surface area contributed by atoms with E-state index in [1.807, 2.05) is 0 Å². The molecule has 0 radical (unpaired) electrons. The maximum absolute atomic E-state index is 13.4. The monoisotopic (exact) mass is 331 g/mol. The average molecular weight is 332 g/mol. The Hall–Kier alpha value is -1.83. The highest BCUT2D eigenvalue weighted by molar-refractivity contribution is 9.10. The van der Waals surface area contributed by atoms with Crippen LogP contribution in [0.15, 0.2) is 21.7 Å². The molecular weight excluding hydrogens is 324 g/mol. The fourth-order valence-corrected chi connectivity index (χ4v) is 1.79. The van der Waals surface area contributed by atoms with Crippen LogP contribution in [-0.4, -0.2) is 17.5 Å². The van der Waals surface area contributed by atoms with Crippen LogP contribution < -0.4 is 10.7 Å². The Morgan fingerprint density at radius 2 is 2.05 bits per heavy atom. The third-order valence-electron chi connectivity index (χ3n) is 2.42. The molecule has 100 valence electrons. The van der Waals surface area contributed by atoms with Crippen molar-refractivity contribution in [1.82, 2.24) is 5.43 Å². The van der Waals surface area contributed by atoms with Gasteiger partial charge in [-0.25, -0.2) is 14.2 Å². The standard InChI is InChI=1S/C11H8BrF2N3O2/c12-5-3-9(7(14)4-6(5)13)15-11(19)8-1-2-10(18)17-16-8/h3-4H,1-2H2,(H,15,19)(H,17,18). The van der Waals surface area contributed by atoms with Crippen LogP contribution in [0.3, 0.4) is 0 Å². The highest BCUT2D eigenvalue weighted by Crippen LogP contribution is 2.23. The number of carbonyl (C=O) groups excluding carboxylic acids is 2. The Balaban J connectivity index is 2.15. The summed E-state index contributed by atoms with van der Waals surface area (Å²) in [4.78, 5) is 22.6. The smallest absolute Gasteiger partial charge is 0.271 e. The predicted octanol–water partition coefficient (Wildman–Crippen LogP) is 1.93. The minimum Gasteiger partial charge on any atom is -0.318 e. The molecule has 1 aromatic carbocycles. The number of hydrogen-bond donors (Lipinski definition) is 2. The van der Waals surface area contributed by atoms with Gasteiger partial charge in [0, 0.05) is 18.9 Å². The quantitative estimate of drug-likeness (QED) is 0.813. The summed E-state index contributed by atoms with van der Waals surface area (Å²) in [6, 6.07) is 1.77. The van der Waals surface area contributed by atoms with Crippen LogP contribution in [0.4, 0.5) is 14.5 Å². The van der Waals surface area contributed by atoms with E-state index >= 15 is 0 Å². The second-order valence-corrected chi connectivity index (χ2v) is 4.65. The molecule has 2 amide bonds. The van der Waals surface area contributed by atoms with Crippen LogP contribution in [0.25, 0.3) is 0 Å². The number of carbonyl (C=O) groups is 2. The van der Waals surface area contributed by atoms with E-state index in [1.165, 1.54) is 0 Å².